The third-order valence-electron chi connectivity index (χ3n) is 4.10. The molecule has 0 unspecified atom stereocenters. The Morgan fingerprint density at radius 2 is 2.10 bits per heavy atom. The van der Waals surface area contributed by atoms with Crippen molar-refractivity contribution in [3.8, 4) is 0 Å². The zero-order valence-corrected chi connectivity index (χ0v) is 11.8. The van der Waals surface area contributed by atoms with Gasteiger partial charge in [-0.3, -0.25) is 4.79 Å². The topological polar surface area (TPSA) is 46.3 Å². The van der Waals surface area contributed by atoms with E-state index >= 15 is 0 Å². The summed E-state index contributed by atoms with van der Waals surface area (Å²) in [5, 5.41) is 0. The predicted molar refractivity (Wildman–Crippen MR) is 73.4 cm³/mol. The molecular weight excluding hydrogens is 262 g/mol. The monoisotopic (exact) mass is 282 g/mol. The lowest BCUT2D eigenvalue weighted by Gasteiger charge is -2.39. The highest BCUT2D eigenvalue weighted by atomic mass is 19.1. The minimum Gasteiger partial charge on any atom is -0.334 e. The van der Waals surface area contributed by atoms with E-state index < -0.39 is 17.5 Å². The van der Waals surface area contributed by atoms with Gasteiger partial charge in [-0.25, -0.2) is 8.78 Å². The van der Waals surface area contributed by atoms with Crippen molar-refractivity contribution in [3.05, 3.63) is 34.9 Å². The Bertz CT molecular complexity index is 519. The third kappa shape index (κ3) is 2.68. The summed E-state index contributed by atoms with van der Waals surface area (Å²) in [6.45, 7) is 4.49. The summed E-state index contributed by atoms with van der Waals surface area (Å²) in [7, 11) is 0. The second kappa shape index (κ2) is 5.87. The molecule has 1 aromatic carbocycles. The zero-order valence-electron chi connectivity index (χ0n) is 11.8. The van der Waals surface area contributed by atoms with Crippen LogP contribution in [-0.4, -0.2) is 29.9 Å². The Labute approximate surface area is 117 Å². The Hall–Kier alpha value is -1.49. The fourth-order valence-electron chi connectivity index (χ4n) is 2.84. The van der Waals surface area contributed by atoms with Crippen LogP contribution in [0.2, 0.25) is 0 Å². The van der Waals surface area contributed by atoms with Crippen molar-refractivity contribution in [2.45, 2.75) is 32.7 Å². The summed E-state index contributed by atoms with van der Waals surface area (Å²) in [6.07, 6.45) is 1.89. The molecule has 1 aliphatic rings. The van der Waals surface area contributed by atoms with E-state index in [4.69, 9.17) is 5.73 Å². The minimum atomic E-state index is -0.813. The number of likely N-dealkylation sites (tertiary alicyclic amines) is 1. The lowest BCUT2D eigenvalue weighted by Crippen LogP contribution is -2.51. The number of aryl methyl sites for hydroxylation is 1. The van der Waals surface area contributed by atoms with Crippen LogP contribution in [-0.2, 0) is 0 Å². The van der Waals surface area contributed by atoms with Gasteiger partial charge in [0, 0.05) is 25.2 Å². The van der Waals surface area contributed by atoms with E-state index in [2.05, 4.69) is 0 Å². The number of hydrogen-bond donors (Lipinski definition) is 1. The van der Waals surface area contributed by atoms with E-state index in [0.29, 0.717) is 19.0 Å². The van der Waals surface area contributed by atoms with Gasteiger partial charge in [0.2, 0.25) is 0 Å². The highest BCUT2D eigenvalue weighted by Gasteiger charge is 2.32. The third-order valence-corrected chi connectivity index (χ3v) is 4.10. The second-order valence-corrected chi connectivity index (χ2v) is 5.50. The molecule has 20 heavy (non-hydrogen) atoms. The minimum absolute atomic E-state index is 0.0727. The van der Waals surface area contributed by atoms with Crippen molar-refractivity contribution in [3.63, 3.8) is 0 Å². The molecule has 0 bridgehead atoms. The molecule has 0 radical (unpaired) electrons. The van der Waals surface area contributed by atoms with Gasteiger partial charge in [-0.2, -0.15) is 0 Å². The average molecular weight is 282 g/mol. The van der Waals surface area contributed by atoms with E-state index in [1.54, 1.807) is 4.90 Å². The van der Waals surface area contributed by atoms with Crippen LogP contribution in [0.15, 0.2) is 12.1 Å². The summed E-state index contributed by atoms with van der Waals surface area (Å²) in [6, 6.07) is 1.97. The van der Waals surface area contributed by atoms with E-state index in [9.17, 15) is 13.6 Å². The van der Waals surface area contributed by atoms with Crippen LogP contribution in [0, 0.1) is 24.5 Å². The van der Waals surface area contributed by atoms with E-state index in [0.717, 1.165) is 18.9 Å². The van der Waals surface area contributed by atoms with Gasteiger partial charge >= 0.3 is 0 Å². The van der Waals surface area contributed by atoms with Crippen molar-refractivity contribution in [1.29, 1.82) is 0 Å². The van der Waals surface area contributed by atoms with Gasteiger partial charge in [0.25, 0.3) is 5.91 Å². The van der Waals surface area contributed by atoms with Crippen LogP contribution < -0.4 is 5.73 Å². The normalized spacial score (nSPS) is 22.9. The molecule has 0 aliphatic carbocycles. The largest absolute Gasteiger partial charge is 0.334 e. The molecule has 1 aliphatic heterocycles. The van der Waals surface area contributed by atoms with E-state index in [-0.39, 0.29) is 17.2 Å². The molecule has 5 heteroatoms. The standard InChI is InChI=1S/C15H20F2N2O/c1-9-4-3-5-19(14(9)8-18)15(20)11-6-10(2)12(16)7-13(11)17/h6-7,9,14H,3-5,8,18H2,1-2H3/t9-,14-/m1/s1. The summed E-state index contributed by atoms with van der Waals surface area (Å²) in [4.78, 5) is 14.1. The average Bonchev–Trinajstić information content (AvgIpc) is 2.41. The summed E-state index contributed by atoms with van der Waals surface area (Å²) >= 11 is 0. The van der Waals surface area contributed by atoms with Crippen LogP contribution in [0.5, 0.6) is 0 Å². The molecule has 3 nitrogen and oxygen atoms in total. The molecule has 1 amide bonds. The van der Waals surface area contributed by atoms with E-state index in [1.165, 1.54) is 13.0 Å². The van der Waals surface area contributed by atoms with Gasteiger partial charge in [0.1, 0.15) is 11.6 Å². The Morgan fingerprint density at radius 1 is 1.40 bits per heavy atom. The van der Waals surface area contributed by atoms with Crippen LogP contribution in [0.3, 0.4) is 0 Å². The van der Waals surface area contributed by atoms with Crippen molar-refractivity contribution in [2.75, 3.05) is 13.1 Å². The summed E-state index contributed by atoms with van der Waals surface area (Å²) < 4.78 is 27.1. The molecular formula is C15H20F2N2O. The number of rotatable bonds is 2. The highest BCUT2D eigenvalue weighted by Crippen LogP contribution is 2.25. The zero-order chi connectivity index (χ0) is 14.9. The highest BCUT2D eigenvalue weighted by molar-refractivity contribution is 5.95. The molecule has 1 heterocycles. The number of hydrogen-bond acceptors (Lipinski definition) is 2. The first-order valence-corrected chi connectivity index (χ1v) is 6.92. The van der Waals surface area contributed by atoms with Crippen molar-refractivity contribution in [1.82, 2.24) is 4.90 Å². The lowest BCUT2D eigenvalue weighted by atomic mass is 9.90. The number of nitrogens with two attached hydrogens (primary N) is 1. The maximum Gasteiger partial charge on any atom is 0.257 e. The molecule has 110 valence electrons. The first-order valence-electron chi connectivity index (χ1n) is 6.92. The molecule has 2 rings (SSSR count). The number of nitrogens with zero attached hydrogens (tertiary/aromatic N) is 1. The molecule has 0 aromatic heterocycles. The van der Waals surface area contributed by atoms with Crippen molar-refractivity contribution in [2.24, 2.45) is 11.7 Å². The number of piperidine rings is 1. The van der Waals surface area contributed by atoms with Crippen LogP contribution in [0.1, 0.15) is 35.7 Å². The smallest absolute Gasteiger partial charge is 0.257 e. The first-order chi connectivity index (χ1) is 9.45. The number of carbonyl (C=O) groups excluding carboxylic acids is 1. The second-order valence-electron chi connectivity index (χ2n) is 5.50. The molecule has 1 fully saturated rings. The Balaban J connectivity index is 2.33. The molecule has 2 atom stereocenters. The maximum absolute atomic E-state index is 13.8. The molecule has 0 saturated carbocycles. The SMILES string of the molecule is Cc1cc(C(=O)N2CCC[C@@H](C)[C@H]2CN)c(F)cc1F. The van der Waals surface area contributed by atoms with Gasteiger partial charge in [-0.15, -0.1) is 0 Å². The fraction of sp³-hybridized carbons (Fsp3) is 0.533. The maximum atomic E-state index is 13.8. The number of halogens is 2. The van der Waals surface area contributed by atoms with Crippen molar-refractivity contribution < 1.29 is 13.6 Å². The summed E-state index contributed by atoms with van der Waals surface area (Å²) in [5.74, 6) is -1.55. The van der Waals surface area contributed by atoms with Gasteiger partial charge < -0.3 is 10.6 Å². The van der Waals surface area contributed by atoms with Gasteiger partial charge in [0.05, 0.1) is 5.56 Å². The lowest BCUT2D eigenvalue weighted by molar-refractivity contribution is 0.0527. The first kappa shape index (κ1) is 14.9. The number of carbonyl (C=O) groups is 1. The number of benzene rings is 1. The Kier molecular flexibility index (Phi) is 4.38. The fourth-order valence-corrected chi connectivity index (χ4v) is 2.84. The van der Waals surface area contributed by atoms with Gasteiger partial charge in [-0.1, -0.05) is 6.92 Å². The quantitative estimate of drug-likeness (QED) is 0.905. The predicted octanol–water partition coefficient (Wildman–Crippen LogP) is 2.47. The molecule has 1 saturated heterocycles. The van der Waals surface area contributed by atoms with Crippen molar-refractivity contribution >= 4 is 5.91 Å². The number of amides is 1. The van der Waals surface area contributed by atoms with Crippen LogP contribution in [0.25, 0.3) is 0 Å². The molecule has 1 aromatic rings. The molecule has 2 N–H and O–H groups in total. The van der Waals surface area contributed by atoms with Crippen LogP contribution in [0.4, 0.5) is 8.78 Å². The summed E-state index contributed by atoms with van der Waals surface area (Å²) in [5.41, 5.74) is 5.94. The van der Waals surface area contributed by atoms with Gasteiger partial charge in [0.15, 0.2) is 0 Å². The Morgan fingerprint density at radius 3 is 2.75 bits per heavy atom. The van der Waals surface area contributed by atoms with Gasteiger partial charge in [-0.05, 0) is 37.3 Å². The molecule has 0 spiro atoms. The van der Waals surface area contributed by atoms with Crippen LogP contribution >= 0.6 is 0 Å². The van der Waals surface area contributed by atoms with E-state index in [1.807, 2.05) is 6.92 Å².